The molecule has 1 aromatic rings. The fourth-order valence-electron chi connectivity index (χ4n) is 0.919. The van der Waals surface area contributed by atoms with Crippen LogP contribution in [0, 0.1) is 0 Å². The first-order chi connectivity index (χ1) is 7.98. The van der Waals surface area contributed by atoms with E-state index in [-0.39, 0.29) is 0 Å². The van der Waals surface area contributed by atoms with E-state index in [1.54, 1.807) is 30.3 Å². The Balaban J connectivity index is 2.82. The average Bonchev–Trinajstić information content (AvgIpc) is 2.29. The van der Waals surface area contributed by atoms with Crippen molar-refractivity contribution in [1.82, 2.24) is 0 Å². The van der Waals surface area contributed by atoms with Crippen molar-refractivity contribution in [2.75, 3.05) is 7.11 Å². The first-order valence-electron chi connectivity index (χ1n) is 4.69. The number of hydrogen-bond donors (Lipinski definition) is 1. The van der Waals surface area contributed by atoms with E-state index in [1.165, 1.54) is 14.0 Å². The molecule has 7 heteroatoms. The Morgan fingerprint density at radius 2 is 2.06 bits per heavy atom. The third-order valence-corrected chi connectivity index (χ3v) is 2.91. The molecule has 1 unspecified atom stereocenters. The van der Waals surface area contributed by atoms with E-state index in [0.717, 1.165) is 0 Å². The number of carboxylic acids is 1. The summed E-state index contributed by atoms with van der Waals surface area (Å²) in [7, 11) is -1.34. The van der Waals surface area contributed by atoms with Crippen molar-refractivity contribution >= 4 is 14.1 Å². The third-order valence-electron chi connectivity index (χ3n) is 1.99. The van der Waals surface area contributed by atoms with Crippen LogP contribution in [0.2, 0.25) is 0 Å². The smallest absolute Gasteiger partial charge is 0.398 e. The van der Waals surface area contributed by atoms with Gasteiger partial charge in [0.25, 0.3) is 5.72 Å². The highest BCUT2D eigenvalue weighted by molar-refractivity contribution is 7.34. The summed E-state index contributed by atoms with van der Waals surface area (Å²) in [5.41, 5.74) is -1.87. The molecule has 1 aromatic carbocycles. The molecule has 6 nitrogen and oxygen atoms in total. The van der Waals surface area contributed by atoms with Crippen LogP contribution in [0.1, 0.15) is 6.92 Å². The minimum atomic E-state index is -2.51. The highest BCUT2D eigenvalue weighted by atomic mass is 31.1. The van der Waals surface area contributed by atoms with Crippen molar-refractivity contribution in [2.24, 2.45) is 4.74 Å². The van der Waals surface area contributed by atoms with Crippen LogP contribution in [0.3, 0.4) is 0 Å². The van der Waals surface area contributed by atoms with Crippen molar-refractivity contribution in [3.05, 3.63) is 30.3 Å². The zero-order valence-corrected chi connectivity index (χ0v) is 10.3. The summed E-state index contributed by atoms with van der Waals surface area (Å²) in [5.74, 6) is -0.985. The Hall–Kier alpha value is -1.49. The Bertz CT molecular complexity index is 422. The van der Waals surface area contributed by atoms with Crippen LogP contribution in [-0.2, 0) is 9.53 Å². The second-order valence-electron chi connectivity index (χ2n) is 3.23. The lowest BCUT2D eigenvalue weighted by Crippen LogP contribution is -2.34. The van der Waals surface area contributed by atoms with E-state index in [0.29, 0.717) is 5.75 Å². The second-order valence-corrected chi connectivity index (χ2v) is 4.09. The minimum Gasteiger partial charge on any atom is -0.575 e. The molecule has 0 fully saturated rings. The maximum absolute atomic E-state index is 11.5. The number of methoxy groups -OCH3 is 1. The number of ether oxygens (including phenoxy) is 1. The van der Waals surface area contributed by atoms with E-state index in [2.05, 4.69) is 9.48 Å². The second kappa shape index (κ2) is 5.72. The number of nitrogens with zero attached hydrogens (tertiary/aromatic N) is 1. The van der Waals surface area contributed by atoms with Crippen LogP contribution >= 0.6 is 8.17 Å². The molecular weight excluding hydrogens is 245 g/mol. The van der Waals surface area contributed by atoms with Crippen LogP contribution in [0.25, 0.3) is 0 Å². The van der Waals surface area contributed by atoms with Gasteiger partial charge in [-0.2, -0.15) is 0 Å². The topological polar surface area (TPSA) is 91.2 Å². The molecule has 1 N–H and O–H groups in total. The van der Waals surface area contributed by atoms with Crippen molar-refractivity contribution in [3.63, 3.8) is 0 Å². The lowest BCUT2D eigenvalue weighted by Gasteiger charge is -2.14. The van der Waals surface area contributed by atoms with Gasteiger partial charge in [0.1, 0.15) is 0 Å². The standard InChI is InChI=1S/C10H12NO5P/c1-10(15-2,9(12)13)11-17(14)16-8-6-4-3-5-7-8/h3-7H,1-2H3,(H,12,13)/t10-/m1/s1. The molecule has 0 aliphatic carbocycles. The minimum absolute atomic E-state index is 0.348. The quantitative estimate of drug-likeness (QED) is 0.804. The molecule has 0 heterocycles. The van der Waals surface area contributed by atoms with Gasteiger partial charge in [-0.15, -0.1) is 0 Å². The Morgan fingerprint density at radius 3 is 2.53 bits per heavy atom. The molecule has 0 amide bonds. The molecule has 1 rings (SSSR count). The van der Waals surface area contributed by atoms with Gasteiger partial charge in [0.05, 0.1) is 0 Å². The summed E-state index contributed by atoms with van der Waals surface area (Å²) in [6.07, 6.45) is 0. The monoisotopic (exact) mass is 257 g/mol. The number of benzene rings is 1. The van der Waals surface area contributed by atoms with E-state index >= 15 is 0 Å². The first kappa shape index (κ1) is 13.6. The Labute approximate surface area is 99.4 Å². The lowest BCUT2D eigenvalue weighted by atomic mass is 10.3. The fourth-order valence-corrected chi connectivity index (χ4v) is 1.74. The average molecular weight is 257 g/mol. The molecule has 2 atom stereocenters. The van der Waals surface area contributed by atoms with Crippen molar-refractivity contribution in [1.29, 1.82) is 0 Å². The predicted molar refractivity (Wildman–Crippen MR) is 59.5 cm³/mol. The van der Waals surface area contributed by atoms with Gasteiger partial charge < -0.3 is 14.7 Å². The van der Waals surface area contributed by atoms with Crippen LogP contribution in [0.5, 0.6) is 5.75 Å². The SMILES string of the molecule is CO[C@@](C)(N=[P+]([O-])Oc1ccccc1)C(=O)O. The summed E-state index contributed by atoms with van der Waals surface area (Å²) in [5, 5.41) is 8.84. The number of rotatable bonds is 5. The number of carbonyl (C=O) groups is 1. The van der Waals surface area contributed by atoms with Gasteiger partial charge in [-0.05, 0) is 16.9 Å². The number of para-hydroxylation sites is 1. The molecule has 0 aliphatic heterocycles. The molecule has 0 saturated carbocycles. The normalized spacial score (nSPS) is 15.1. The number of aliphatic carboxylic acids is 1. The lowest BCUT2D eigenvalue weighted by molar-refractivity contribution is -0.175. The number of carboxylic acid groups (broad SMARTS) is 1. The van der Waals surface area contributed by atoms with Gasteiger partial charge in [-0.3, -0.25) is 4.52 Å². The summed E-state index contributed by atoms with van der Waals surface area (Å²) in [6, 6.07) is 8.35. The van der Waals surface area contributed by atoms with Gasteiger partial charge in [-0.25, -0.2) is 4.79 Å². The molecule has 0 spiro atoms. The summed E-state index contributed by atoms with van der Waals surface area (Å²) >= 11 is 0. The third kappa shape index (κ3) is 3.78. The summed E-state index contributed by atoms with van der Waals surface area (Å²) in [4.78, 5) is 22.3. The first-order valence-corrected chi connectivity index (χ1v) is 5.82. The van der Waals surface area contributed by atoms with Gasteiger partial charge in [-0.1, -0.05) is 18.2 Å². The van der Waals surface area contributed by atoms with E-state index in [1.807, 2.05) is 0 Å². The van der Waals surface area contributed by atoms with Gasteiger partial charge >= 0.3 is 14.1 Å². The van der Waals surface area contributed by atoms with Crippen LogP contribution in [-0.4, -0.2) is 23.9 Å². The highest BCUT2D eigenvalue weighted by Gasteiger charge is 2.37. The van der Waals surface area contributed by atoms with Crippen molar-refractivity contribution in [2.45, 2.75) is 12.6 Å². The van der Waals surface area contributed by atoms with Gasteiger partial charge in [0, 0.05) is 14.0 Å². The molecule has 0 bridgehead atoms. The van der Waals surface area contributed by atoms with Gasteiger partial charge in [0.2, 0.25) is 0 Å². The maximum atomic E-state index is 11.5. The largest absolute Gasteiger partial charge is 0.575 e. The zero-order valence-electron chi connectivity index (χ0n) is 9.36. The van der Waals surface area contributed by atoms with Crippen LogP contribution in [0.15, 0.2) is 35.1 Å². The van der Waals surface area contributed by atoms with E-state index < -0.39 is 19.9 Å². The van der Waals surface area contributed by atoms with Crippen LogP contribution < -0.4 is 9.42 Å². The maximum Gasteiger partial charge on any atom is 0.398 e. The molecule has 92 valence electrons. The Morgan fingerprint density at radius 1 is 1.47 bits per heavy atom. The molecule has 0 aromatic heterocycles. The van der Waals surface area contributed by atoms with Crippen molar-refractivity contribution < 1.29 is 24.1 Å². The zero-order chi connectivity index (χ0) is 12.9. The number of hydrogen-bond acceptors (Lipinski definition) is 5. The highest BCUT2D eigenvalue weighted by Crippen LogP contribution is 2.27. The molecule has 0 radical (unpaired) electrons. The van der Waals surface area contributed by atoms with Crippen LogP contribution in [0.4, 0.5) is 0 Å². The van der Waals surface area contributed by atoms with E-state index in [4.69, 9.17) is 9.63 Å². The Kier molecular flexibility index (Phi) is 4.57. The fraction of sp³-hybridized carbons (Fsp3) is 0.300. The van der Waals surface area contributed by atoms with Crippen molar-refractivity contribution in [3.8, 4) is 5.75 Å². The molecular formula is C10H12NO5P. The summed E-state index contributed by atoms with van der Waals surface area (Å²) in [6.45, 7) is 1.19. The molecule has 0 saturated heterocycles. The molecule has 0 aliphatic rings. The summed E-state index contributed by atoms with van der Waals surface area (Å²) < 4.78 is 13.1. The molecule has 17 heavy (non-hydrogen) atoms. The van der Waals surface area contributed by atoms with Gasteiger partial charge in [0.15, 0.2) is 5.75 Å². The van der Waals surface area contributed by atoms with E-state index in [9.17, 15) is 9.69 Å². The predicted octanol–water partition coefficient (Wildman–Crippen LogP) is 1.37.